The third-order valence-corrected chi connectivity index (χ3v) is 4.93. The topological polar surface area (TPSA) is 68.5 Å². The molecule has 1 unspecified atom stereocenters. The Morgan fingerprint density at radius 3 is 2.64 bits per heavy atom. The number of aromatic nitrogens is 2. The third-order valence-electron chi connectivity index (χ3n) is 4.93. The molecule has 2 heterocycles. The standard InChI is InChI=1S/C22H23N3O3/c26-21(14-17-8-3-1-4-9-17)25-13-7-10-18(15-25)22-23-20(28-24-22)16-27-19-11-5-2-6-12-19/h1-6,8-9,11-12,18H,7,10,13-16H2. The lowest BCUT2D eigenvalue weighted by molar-refractivity contribution is -0.131. The van der Waals surface area contributed by atoms with E-state index in [0.29, 0.717) is 24.7 Å². The minimum Gasteiger partial charge on any atom is -0.484 e. The Morgan fingerprint density at radius 1 is 1.11 bits per heavy atom. The van der Waals surface area contributed by atoms with Crippen LogP contribution in [0.2, 0.25) is 0 Å². The van der Waals surface area contributed by atoms with Gasteiger partial charge in [0.05, 0.1) is 6.42 Å². The Hall–Kier alpha value is -3.15. The van der Waals surface area contributed by atoms with Gasteiger partial charge in [-0.3, -0.25) is 4.79 Å². The quantitative estimate of drug-likeness (QED) is 0.657. The van der Waals surface area contributed by atoms with E-state index in [-0.39, 0.29) is 18.4 Å². The van der Waals surface area contributed by atoms with Gasteiger partial charge in [0.2, 0.25) is 5.91 Å². The number of ether oxygens (including phenoxy) is 1. The normalized spacial score (nSPS) is 16.7. The number of para-hydroxylation sites is 1. The summed E-state index contributed by atoms with van der Waals surface area (Å²) in [5, 5.41) is 4.13. The van der Waals surface area contributed by atoms with Crippen LogP contribution in [0, 0.1) is 0 Å². The molecule has 1 fully saturated rings. The lowest BCUT2D eigenvalue weighted by Gasteiger charge is -2.31. The van der Waals surface area contributed by atoms with E-state index in [4.69, 9.17) is 9.26 Å². The van der Waals surface area contributed by atoms with Crippen LogP contribution >= 0.6 is 0 Å². The number of carbonyl (C=O) groups excluding carboxylic acids is 1. The highest BCUT2D eigenvalue weighted by atomic mass is 16.5. The van der Waals surface area contributed by atoms with Crippen molar-refractivity contribution in [3.8, 4) is 5.75 Å². The number of rotatable bonds is 6. The first-order valence-corrected chi connectivity index (χ1v) is 9.60. The largest absolute Gasteiger partial charge is 0.484 e. The molecule has 1 aliphatic rings. The van der Waals surface area contributed by atoms with E-state index in [2.05, 4.69) is 10.1 Å². The number of nitrogens with zero attached hydrogens (tertiary/aromatic N) is 3. The van der Waals surface area contributed by atoms with Crippen molar-refractivity contribution in [1.29, 1.82) is 0 Å². The molecule has 2 aromatic carbocycles. The minimum atomic E-state index is 0.0997. The van der Waals surface area contributed by atoms with Crippen LogP contribution < -0.4 is 4.74 Å². The monoisotopic (exact) mass is 377 g/mol. The van der Waals surface area contributed by atoms with Crippen molar-refractivity contribution in [2.45, 2.75) is 31.8 Å². The SMILES string of the molecule is O=C(Cc1ccccc1)N1CCCC(c2noc(COc3ccccc3)n2)C1. The number of carbonyl (C=O) groups is 1. The van der Waals surface area contributed by atoms with Gasteiger partial charge in [0.25, 0.3) is 5.89 Å². The minimum absolute atomic E-state index is 0.0997. The van der Waals surface area contributed by atoms with Gasteiger partial charge in [-0.1, -0.05) is 53.7 Å². The fraction of sp³-hybridized carbons (Fsp3) is 0.318. The highest BCUT2D eigenvalue weighted by molar-refractivity contribution is 5.78. The van der Waals surface area contributed by atoms with Gasteiger partial charge in [0, 0.05) is 19.0 Å². The number of piperidine rings is 1. The Balaban J connectivity index is 1.34. The molecule has 4 rings (SSSR count). The van der Waals surface area contributed by atoms with Crippen molar-refractivity contribution in [1.82, 2.24) is 15.0 Å². The molecule has 3 aromatic rings. The molecule has 1 amide bonds. The fourth-order valence-corrected chi connectivity index (χ4v) is 3.45. The zero-order valence-corrected chi connectivity index (χ0v) is 15.7. The first-order chi connectivity index (χ1) is 13.8. The first kappa shape index (κ1) is 18.2. The van der Waals surface area contributed by atoms with Crippen LogP contribution in [0.25, 0.3) is 0 Å². The van der Waals surface area contributed by atoms with Gasteiger partial charge in [0.1, 0.15) is 5.75 Å². The van der Waals surface area contributed by atoms with E-state index in [1.54, 1.807) is 0 Å². The molecule has 0 aliphatic carbocycles. The summed E-state index contributed by atoms with van der Waals surface area (Å²) in [6.45, 7) is 1.65. The maximum absolute atomic E-state index is 12.7. The van der Waals surface area contributed by atoms with Gasteiger partial charge >= 0.3 is 0 Å². The molecule has 1 aliphatic heterocycles. The summed E-state index contributed by atoms with van der Waals surface area (Å²) in [7, 11) is 0. The molecule has 0 radical (unpaired) electrons. The van der Waals surface area contributed by atoms with E-state index in [0.717, 1.165) is 30.7 Å². The number of hydrogen-bond acceptors (Lipinski definition) is 5. The highest BCUT2D eigenvalue weighted by Crippen LogP contribution is 2.25. The molecule has 6 heteroatoms. The second-order valence-electron chi connectivity index (χ2n) is 6.99. The van der Waals surface area contributed by atoms with Gasteiger partial charge in [-0.2, -0.15) is 4.98 Å². The molecule has 1 saturated heterocycles. The van der Waals surface area contributed by atoms with Crippen LogP contribution in [-0.4, -0.2) is 34.0 Å². The Labute approximate surface area is 164 Å². The molecule has 1 aromatic heterocycles. The fourth-order valence-electron chi connectivity index (χ4n) is 3.45. The molecule has 0 N–H and O–H groups in total. The zero-order chi connectivity index (χ0) is 19.2. The summed E-state index contributed by atoms with van der Waals surface area (Å²) in [5.74, 6) is 2.11. The first-order valence-electron chi connectivity index (χ1n) is 9.60. The number of benzene rings is 2. The van der Waals surface area contributed by atoms with Crippen LogP contribution in [-0.2, 0) is 17.8 Å². The lowest BCUT2D eigenvalue weighted by atomic mass is 9.97. The predicted molar refractivity (Wildman–Crippen MR) is 104 cm³/mol. The third kappa shape index (κ3) is 4.57. The molecular formula is C22H23N3O3. The van der Waals surface area contributed by atoms with Crippen molar-refractivity contribution < 1.29 is 14.1 Å². The van der Waals surface area contributed by atoms with E-state index < -0.39 is 0 Å². The highest BCUT2D eigenvalue weighted by Gasteiger charge is 2.28. The van der Waals surface area contributed by atoms with Crippen LogP contribution in [0.3, 0.4) is 0 Å². The molecule has 28 heavy (non-hydrogen) atoms. The summed E-state index contributed by atoms with van der Waals surface area (Å²) >= 11 is 0. The average Bonchev–Trinajstić information content (AvgIpc) is 3.23. The van der Waals surface area contributed by atoms with Crippen molar-refractivity contribution in [2.75, 3.05) is 13.1 Å². The average molecular weight is 377 g/mol. The van der Waals surface area contributed by atoms with E-state index >= 15 is 0 Å². The van der Waals surface area contributed by atoms with Crippen LogP contribution in [0.5, 0.6) is 5.75 Å². The summed E-state index contributed by atoms with van der Waals surface area (Å²) in [6.07, 6.45) is 2.32. The van der Waals surface area contributed by atoms with Gasteiger partial charge in [0.15, 0.2) is 12.4 Å². The molecule has 144 valence electrons. The van der Waals surface area contributed by atoms with Crippen molar-refractivity contribution in [2.24, 2.45) is 0 Å². The molecule has 1 atom stereocenters. The molecule has 6 nitrogen and oxygen atoms in total. The van der Waals surface area contributed by atoms with E-state index in [1.165, 1.54) is 0 Å². The predicted octanol–water partition coefficient (Wildman–Crippen LogP) is 3.60. The zero-order valence-electron chi connectivity index (χ0n) is 15.7. The molecular weight excluding hydrogens is 354 g/mol. The number of likely N-dealkylation sites (tertiary alicyclic amines) is 1. The maximum Gasteiger partial charge on any atom is 0.264 e. The van der Waals surface area contributed by atoms with Gasteiger partial charge < -0.3 is 14.2 Å². The van der Waals surface area contributed by atoms with Crippen molar-refractivity contribution >= 4 is 5.91 Å². The van der Waals surface area contributed by atoms with Crippen LogP contribution in [0.4, 0.5) is 0 Å². The van der Waals surface area contributed by atoms with E-state index in [1.807, 2.05) is 65.6 Å². The molecule has 0 saturated carbocycles. The Bertz CT molecular complexity index is 896. The van der Waals surface area contributed by atoms with Gasteiger partial charge in [-0.05, 0) is 30.5 Å². The van der Waals surface area contributed by atoms with E-state index in [9.17, 15) is 4.79 Å². The second-order valence-corrected chi connectivity index (χ2v) is 6.99. The lowest BCUT2D eigenvalue weighted by Crippen LogP contribution is -2.40. The maximum atomic E-state index is 12.7. The van der Waals surface area contributed by atoms with Crippen LogP contribution in [0.1, 0.15) is 36.0 Å². The second kappa shape index (κ2) is 8.69. The smallest absolute Gasteiger partial charge is 0.264 e. The Morgan fingerprint density at radius 2 is 1.86 bits per heavy atom. The number of hydrogen-bond donors (Lipinski definition) is 0. The summed E-state index contributed by atoms with van der Waals surface area (Å²) in [6, 6.07) is 19.4. The van der Waals surface area contributed by atoms with Gasteiger partial charge in [-0.25, -0.2) is 0 Å². The van der Waals surface area contributed by atoms with Gasteiger partial charge in [-0.15, -0.1) is 0 Å². The summed E-state index contributed by atoms with van der Waals surface area (Å²) in [4.78, 5) is 19.1. The Kier molecular flexibility index (Phi) is 5.66. The molecule has 0 bridgehead atoms. The number of amides is 1. The summed E-state index contributed by atoms with van der Waals surface area (Å²) in [5.41, 5.74) is 1.04. The molecule has 0 spiro atoms. The van der Waals surface area contributed by atoms with Crippen molar-refractivity contribution in [3.05, 3.63) is 77.9 Å². The summed E-state index contributed by atoms with van der Waals surface area (Å²) < 4.78 is 11.0. The van der Waals surface area contributed by atoms with Crippen molar-refractivity contribution in [3.63, 3.8) is 0 Å². The van der Waals surface area contributed by atoms with Crippen LogP contribution in [0.15, 0.2) is 65.2 Å².